The molecule has 1 aliphatic carbocycles. The van der Waals surface area contributed by atoms with Crippen LogP contribution >= 0.6 is 0 Å². The second-order valence-electron chi connectivity index (χ2n) is 4.98. The molecule has 0 radical (unpaired) electrons. The van der Waals surface area contributed by atoms with Crippen molar-refractivity contribution in [3.8, 4) is 0 Å². The lowest BCUT2D eigenvalue weighted by Gasteiger charge is -2.31. The van der Waals surface area contributed by atoms with E-state index in [9.17, 15) is 4.79 Å². The van der Waals surface area contributed by atoms with Crippen molar-refractivity contribution in [2.75, 3.05) is 33.2 Å². The second-order valence-corrected chi connectivity index (χ2v) is 4.98. The molecular formula is C12H23N3O. The Balaban J connectivity index is 1.66. The van der Waals surface area contributed by atoms with E-state index in [1.165, 1.54) is 12.8 Å². The van der Waals surface area contributed by atoms with Crippen LogP contribution in [0.25, 0.3) is 0 Å². The minimum atomic E-state index is 0.208. The van der Waals surface area contributed by atoms with Crippen molar-refractivity contribution < 1.29 is 4.79 Å². The molecule has 1 saturated heterocycles. The van der Waals surface area contributed by atoms with Crippen molar-refractivity contribution >= 4 is 5.91 Å². The van der Waals surface area contributed by atoms with Gasteiger partial charge in [-0.2, -0.15) is 0 Å². The zero-order valence-electron chi connectivity index (χ0n) is 10.2. The summed E-state index contributed by atoms with van der Waals surface area (Å²) < 4.78 is 0. The molecule has 4 nitrogen and oxygen atoms in total. The van der Waals surface area contributed by atoms with Gasteiger partial charge in [-0.15, -0.1) is 0 Å². The molecule has 1 saturated carbocycles. The molecule has 0 aromatic heterocycles. The van der Waals surface area contributed by atoms with E-state index in [2.05, 4.69) is 15.5 Å². The molecule has 2 fully saturated rings. The van der Waals surface area contributed by atoms with Crippen LogP contribution < -0.4 is 10.6 Å². The average Bonchev–Trinajstić information content (AvgIpc) is 3.12. The summed E-state index contributed by atoms with van der Waals surface area (Å²) in [5.74, 6) is 0.416. The topological polar surface area (TPSA) is 44.4 Å². The fraction of sp³-hybridized carbons (Fsp3) is 0.917. The predicted octanol–water partition coefficient (Wildman–Crippen LogP) is 0.196. The van der Waals surface area contributed by atoms with Crippen molar-refractivity contribution in [1.82, 2.24) is 15.5 Å². The van der Waals surface area contributed by atoms with E-state index in [-0.39, 0.29) is 11.8 Å². The van der Waals surface area contributed by atoms with Gasteiger partial charge in [0, 0.05) is 32.7 Å². The minimum Gasteiger partial charge on any atom is -0.359 e. The number of rotatable bonds is 5. The largest absolute Gasteiger partial charge is 0.359 e. The molecule has 1 amide bonds. The maximum atomic E-state index is 11.6. The first-order valence-corrected chi connectivity index (χ1v) is 6.47. The molecule has 1 unspecified atom stereocenters. The number of nitrogens with one attached hydrogen (secondary N) is 2. The van der Waals surface area contributed by atoms with Gasteiger partial charge in [0.1, 0.15) is 0 Å². The third kappa shape index (κ3) is 3.46. The van der Waals surface area contributed by atoms with Crippen molar-refractivity contribution in [3.05, 3.63) is 0 Å². The van der Waals surface area contributed by atoms with Crippen molar-refractivity contribution in [2.24, 2.45) is 5.92 Å². The van der Waals surface area contributed by atoms with Gasteiger partial charge in [0.05, 0.1) is 5.92 Å². The summed E-state index contributed by atoms with van der Waals surface area (Å²) in [4.78, 5) is 14.0. The molecule has 0 aromatic rings. The van der Waals surface area contributed by atoms with E-state index in [4.69, 9.17) is 0 Å². The third-order valence-corrected chi connectivity index (χ3v) is 3.56. The summed E-state index contributed by atoms with van der Waals surface area (Å²) in [5.41, 5.74) is 0. The number of piperidine rings is 1. The molecule has 0 spiro atoms. The highest BCUT2D eigenvalue weighted by molar-refractivity contribution is 5.78. The monoisotopic (exact) mass is 225 g/mol. The van der Waals surface area contributed by atoms with Crippen LogP contribution in [0.2, 0.25) is 0 Å². The van der Waals surface area contributed by atoms with Crippen molar-refractivity contribution in [3.63, 3.8) is 0 Å². The van der Waals surface area contributed by atoms with Crippen LogP contribution in [0, 0.1) is 5.92 Å². The Morgan fingerprint density at radius 3 is 2.88 bits per heavy atom. The number of likely N-dealkylation sites (tertiary alicyclic amines) is 1. The highest BCUT2D eigenvalue weighted by atomic mass is 16.1. The number of hydrogen-bond donors (Lipinski definition) is 2. The lowest BCUT2D eigenvalue weighted by molar-refractivity contribution is -0.126. The van der Waals surface area contributed by atoms with Crippen molar-refractivity contribution in [1.29, 1.82) is 0 Å². The van der Waals surface area contributed by atoms with Crippen LogP contribution in [0.4, 0.5) is 0 Å². The first-order valence-electron chi connectivity index (χ1n) is 6.47. The fourth-order valence-corrected chi connectivity index (χ4v) is 2.39. The first kappa shape index (κ1) is 11.9. The molecule has 4 heteroatoms. The van der Waals surface area contributed by atoms with Crippen LogP contribution in [-0.4, -0.2) is 50.1 Å². The molecule has 16 heavy (non-hydrogen) atoms. The van der Waals surface area contributed by atoms with Crippen molar-refractivity contribution in [2.45, 2.75) is 31.7 Å². The number of amides is 1. The number of carbonyl (C=O) groups excluding carboxylic acids is 1. The number of hydrogen-bond acceptors (Lipinski definition) is 3. The Morgan fingerprint density at radius 2 is 2.19 bits per heavy atom. The van der Waals surface area contributed by atoms with E-state index in [0.29, 0.717) is 0 Å². The molecule has 0 aromatic carbocycles. The number of nitrogens with zero attached hydrogens (tertiary/aromatic N) is 1. The molecular weight excluding hydrogens is 202 g/mol. The Kier molecular flexibility index (Phi) is 4.18. The Labute approximate surface area is 97.8 Å². The molecule has 1 heterocycles. The highest BCUT2D eigenvalue weighted by Crippen LogP contribution is 2.19. The maximum Gasteiger partial charge on any atom is 0.224 e. The summed E-state index contributed by atoms with van der Waals surface area (Å²) in [6, 6.07) is 0.791. The van der Waals surface area contributed by atoms with Gasteiger partial charge in [-0.25, -0.2) is 0 Å². The van der Waals surface area contributed by atoms with Crippen LogP contribution in [0.3, 0.4) is 0 Å². The maximum absolute atomic E-state index is 11.6. The lowest BCUT2D eigenvalue weighted by atomic mass is 9.97. The van der Waals surface area contributed by atoms with E-state index in [0.717, 1.165) is 45.1 Å². The lowest BCUT2D eigenvalue weighted by Crippen LogP contribution is -2.44. The summed E-state index contributed by atoms with van der Waals surface area (Å²) in [7, 11) is 1.73. The summed E-state index contributed by atoms with van der Waals surface area (Å²) >= 11 is 0. The van der Waals surface area contributed by atoms with E-state index in [1.54, 1.807) is 7.05 Å². The normalized spacial score (nSPS) is 26.7. The molecule has 0 bridgehead atoms. The standard InChI is InChI=1S/C12H23N3O/c1-13-12(16)10-3-2-7-15(9-10)8-6-14-11-4-5-11/h10-11,14H,2-9H2,1H3,(H,13,16). The Hall–Kier alpha value is -0.610. The predicted molar refractivity (Wildman–Crippen MR) is 64.3 cm³/mol. The highest BCUT2D eigenvalue weighted by Gasteiger charge is 2.25. The number of carbonyl (C=O) groups is 1. The van der Waals surface area contributed by atoms with E-state index < -0.39 is 0 Å². The van der Waals surface area contributed by atoms with Gasteiger partial charge < -0.3 is 15.5 Å². The summed E-state index contributed by atoms with van der Waals surface area (Å²) in [5, 5.41) is 6.28. The van der Waals surface area contributed by atoms with Gasteiger partial charge in [-0.1, -0.05) is 0 Å². The third-order valence-electron chi connectivity index (χ3n) is 3.56. The summed E-state index contributed by atoms with van der Waals surface area (Å²) in [6.07, 6.45) is 4.90. The van der Waals surface area contributed by atoms with Crippen LogP contribution in [0.1, 0.15) is 25.7 Å². The summed E-state index contributed by atoms with van der Waals surface area (Å²) in [6.45, 7) is 4.25. The van der Waals surface area contributed by atoms with Gasteiger partial charge >= 0.3 is 0 Å². The minimum absolute atomic E-state index is 0.208. The van der Waals surface area contributed by atoms with Gasteiger partial charge in [0.2, 0.25) is 5.91 Å². The van der Waals surface area contributed by atoms with Crippen LogP contribution in [0.15, 0.2) is 0 Å². The van der Waals surface area contributed by atoms with E-state index >= 15 is 0 Å². The quantitative estimate of drug-likeness (QED) is 0.702. The average molecular weight is 225 g/mol. The van der Waals surface area contributed by atoms with Gasteiger partial charge in [0.25, 0.3) is 0 Å². The first-order chi connectivity index (χ1) is 7.79. The molecule has 92 valence electrons. The SMILES string of the molecule is CNC(=O)C1CCCN(CCNC2CC2)C1. The zero-order valence-corrected chi connectivity index (χ0v) is 10.2. The zero-order chi connectivity index (χ0) is 11.4. The molecule has 1 aliphatic heterocycles. The fourth-order valence-electron chi connectivity index (χ4n) is 2.39. The Bertz CT molecular complexity index is 240. The molecule has 2 aliphatic rings. The second kappa shape index (κ2) is 5.64. The molecule has 2 rings (SSSR count). The van der Waals surface area contributed by atoms with Crippen LogP contribution in [0.5, 0.6) is 0 Å². The van der Waals surface area contributed by atoms with Gasteiger partial charge in [0.15, 0.2) is 0 Å². The molecule has 2 N–H and O–H groups in total. The van der Waals surface area contributed by atoms with Crippen LogP contribution in [-0.2, 0) is 4.79 Å². The smallest absolute Gasteiger partial charge is 0.224 e. The molecule has 1 atom stereocenters. The van der Waals surface area contributed by atoms with E-state index in [1.807, 2.05) is 0 Å². The van der Waals surface area contributed by atoms with Gasteiger partial charge in [-0.3, -0.25) is 4.79 Å². The Morgan fingerprint density at radius 1 is 1.38 bits per heavy atom. The van der Waals surface area contributed by atoms with Gasteiger partial charge in [-0.05, 0) is 32.2 Å².